The molecule has 0 unspecified atom stereocenters. The van der Waals surface area contributed by atoms with Gasteiger partial charge in [0.2, 0.25) is 11.8 Å². The quantitative estimate of drug-likeness (QED) is 0.788. The fourth-order valence-electron chi connectivity index (χ4n) is 3.75. The lowest BCUT2D eigenvalue weighted by Crippen LogP contribution is -2.51. The van der Waals surface area contributed by atoms with E-state index in [-0.39, 0.29) is 11.8 Å². The SMILES string of the molecule is Cc1nn(C)c(C)c1CC(=O)N1CCN(CC(=O)N2CCCC2)CC1. The van der Waals surface area contributed by atoms with Crippen molar-refractivity contribution in [2.24, 2.45) is 7.05 Å². The predicted molar refractivity (Wildman–Crippen MR) is 95.2 cm³/mol. The first kappa shape index (κ1) is 17.9. The minimum atomic E-state index is 0.157. The summed E-state index contributed by atoms with van der Waals surface area (Å²) in [6.07, 6.45) is 2.67. The van der Waals surface area contributed by atoms with Crippen molar-refractivity contribution in [2.45, 2.75) is 33.1 Å². The molecule has 2 amide bonds. The van der Waals surface area contributed by atoms with Crippen molar-refractivity contribution in [2.75, 3.05) is 45.8 Å². The standard InChI is InChI=1S/C18H29N5O2/c1-14-16(15(2)20(3)19-14)12-17(24)23-10-8-21(9-11-23)13-18(25)22-6-4-5-7-22/h4-13H2,1-3H3. The van der Waals surface area contributed by atoms with Gasteiger partial charge >= 0.3 is 0 Å². The Balaban J connectivity index is 1.48. The van der Waals surface area contributed by atoms with Gasteiger partial charge in [-0.15, -0.1) is 0 Å². The first-order valence-corrected chi connectivity index (χ1v) is 9.22. The molecule has 0 aromatic carbocycles. The van der Waals surface area contributed by atoms with Gasteiger partial charge in [-0.1, -0.05) is 0 Å². The van der Waals surface area contributed by atoms with E-state index in [4.69, 9.17) is 0 Å². The van der Waals surface area contributed by atoms with Crippen LogP contribution in [0.15, 0.2) is 0 Å². The van der Waals surface area contributed by atoms with Crippen LogP contribution >= 0.6 is 0 Å². The summed E-state index contributed by atoms with van der Waals surface area (Å²) >= 11 is 0. The van der Waals surface area contributed by atoms with E-state index in [0.29, 0.717) is 26.1 Å². The zero-order chi connectivity index (χ0) is 18.0. The average Bonchev–Trinajstić information content (AvgIpc) is 3.20. The maximum absolute atomic E-state index is 12.6. The van der Waals surface area contributed by atoms with Crippen LogP contribution in [0.5, 0.6) is 0 Å². The normalized spacial score (nSPS) is 18.8. The van der Waals surface area contributed by atoms with Crippen LogP contribution in [0.3, 0.4) is 0 Å². The van der Waals surface area contributed by atoms with Gasteiger partial charge in [-0.3, -0.25) is 19.2 Å². The van der Waals surface area contributed by atoms with Crippen LogP contribution in [0.1, 0.15) is 29.8 Å². The van der Waals surface area contributed by atoms with Crippen molar-refractivity contribution < 1.29 is 9.59 Å². The highest BCUT2D eigenvalue weighted by Crippen LogP contribution is 2.15. The van der Waals surface area contributed by atoms with E-state index in [0.717, 1.165) is 56.0 Å². The Kier molecular flexibility index (Phi) is 5.42. The Morgan fingerprint density at radius 1 is 0.920 bits per heavy atom. The van der Waals surface area contributed by atoms with Crippen LogP contribution in [0.25, 0.3) is 0 Å². The number of carbonyl (C=O) groups excluding carboxylic acids is 2. The first-order chi connectivity index (χ1) is 12.0. The molecule has 0 spiro atoms. The molecule has 0 bridgehead atoms. The van der Waals surface area contributed by atoms with Crippen molar-refractivity contribution in [3.63, 3.8) is 0 Å². The second kappa shape index (κ2) is 7.56. The van der Waals surface area contributed by atoms with Gasteiger partial charge in [0.25, 0.3) is 0 Å². The minimum Gasteiger partial charge on any atom is -0.342 e. The topological polar surface area (TPSA) is 61.7 Å². The van der Waals surface area contributed by atoms with E-state index in [9.17, 15) is 9.59 Å². The van der Waals surface area contributed by atoms with Gasteiger partial charge in [0.1, 0.15) is 0 Å². The fourth-order valence-corrected chi connectivity index (χ4v) is 3.75. The summed E-state index contributed by atoms with van der Waals surface area (Å²) < 4.78 is 1.83. The van der Waals surface area contributed by atoms with E-state index < -0.39 is 0 Å². The molecule has 2 fully saturated rings. The number of hydrogen-bond donors (Lipinski definition) is 0. The van der Waals surface area contributed by atoms with Crippen molar-refractivity contribution >= 4 is 11.8 Å². The number of amides is 2. The van der Waals surface area contributed by atoms with E-state index >= 15 is 0 Å². The molecule has 2 aliphatic heterocycles. The zero-order valence-corrected chi connectivity index (χ0v) is 15.6. The minimum absolute atomic E-state index is 0.157. The number of piperazine rings is 1. The second-order valence-corrected chi connectivity index (χ2v) is 7.19. The van der Waals surface area contributed by atoms with Gasteiger partial charge in [-0.05, 0) is 26.7 Å². The summed E-state index contributed by atoms with van der Waals surface area (Å²) in [5.41, 5.74) is 3.03. The molecule has 0 saturated carbocycles. The highest BCUT2D eigenvalue weighted by molar-refractivity contribution is 5.80. The lowest BCUT2D eigenvalue weighted by Gasteiger charge is -2.35. The van der Waals surface area contributed by atoms with Crippen LogP contribution in [-0.4, -0.2) is 82.1 Å². The molecule has 1 aromatic rings. The fraction of sp³-hybridized carbons (Fsp3) is 0.722. The molecule has 7 nitrogen and oxygen atoms in total. The van der Waals surface area contributed by atoms with Crippen molar-refractivity contribution in [3.8, 4) is 0 Å². The van der Waals surface area contributed by atoms with Gasteiger partial charge in [-0.25, -0.2) is 0 Å². The van der Waals surface area contributed by atoms with E-state index in [1.807, 2.05) is 35.4 Å². The van der Waals surface area contributed by atoms with Crippen LogP contribution < -0.4 is 0 Å². The van der Waals surface area contributed by atoms with Gasteiger partial charge in [0, 0.05) is 57.6 Å². The summed E-state index contributed by atoms with van der Waals surface area (Å²) in [4.78, 5) is 30.9. The Morgan fingerprint density at radius 3 is 2.08 bits per heavy atom. The molecule has 0 N–H and O–H groups in total. The van der Waals surface area contributed by atoms with E-state index in [2.05, 4.69) is 10.00 Å². The van der Waals surface area contributed by atoms with Gasteiger partial charge < -0.3 is 9.80 Å². The van der Waals surface area contributed by atoms with Crippen LogP contribution in [0, 0.1) is 13.8 Å². The molecule has 0 radical (unpaired) electrons. The molecule has 1 aromatic heterocycles. The molecule has 25 heavy (non-hydrogen) atoms. The summed E-state index contributed by atoms with van der Waals surface area (Å²) in [5.74, 6) is 0.392. The highest BCUT2D eigenvalue weighted by Gasteiger charge is 2.26. The molecule has 7 heteroatoms. The molecule has 138 valence electrons. The summed E-state index contributed by atoms with van der Waals surface area (Å²) in [5, 5.41) is 4.39. The molecule has 2 saturated heterocycles. The number of carbonyl (C=O) groups is 2. The Morgan fingerprint density at radius 2 is 1.52 bits per heavy atom. The Labute approximate surface area is 149 Å². The summed E-state index contributed by atoms with van der Waals surface area (Å²) in [7, 11) is 1.91. The average molecular weight is 347 g/mol. The third-order valence-electron chi connectivity index (χ3n) is 5.53. The molecule has 2 aliphatic rings. The highest BCUT2D eigenvalue weighted by atomic mass is 16.2. The molecular weight excluding hydrogens is 318 g/mol. The van der Waals surface area contributed by atoms with E-state index in [1.165, 1.54) is 0 Å². The molecule has 3 rings (SSSR count). The maximum Gasteiger partial charge on any atom is 0.236 e. The van der Waals surface area contributed by atoms with Gasteiger partial charge in [0.05, 0.1) is 18.7 Å². The molecule has 0 atom stereocenters. The predicted octanol–water partition coefficient (Wildman–Crippen LogP) is 0.346. The lowest BCUT2D eigenvalue weighted by atomic mass is 10.1. The number of rotatable bonds is 4. The summed E-state index contributed by atoms with van der Waals surface area (Å²) in [6, 6.07) is 0. The monoisotopic (exact) mass is 347 g/mol. The first-order valence-electron chi connectivity index (χ1n) is 9.22. The Bertz CT molecular complexity index is 640. The maximum atomic E-state index is 12.6. The van der Waals surface area contributed by atoms with Crippen molar-refractivity contribution in [3.05, 3.63) is 17.0 Å². The Hall–Kier alpha value is -1.89. The smallest absolute Gasteiger partial charge is 0.236 e. The largest absolute Gasteiger partial charge is 0.342 e. The zero-order valence-electron chi connectivity index (χ0n) is 15.6. The van der Waals surface area contributed by atoms with Gasteiger partial charge in [-0.2, -0.15) is 5.10 Å². The molecule has 3 heterocycles. The number of hydrogen-bond acceptors (Lipinski definition) is 4. The van der Waals surface area contributed by atoms with Crippen molar-refractivity contribution in [1.29, 1.82) is 0 Å². The van der Waals surface area contributed by atoms with Crippen LogP contribution in [0.2, 0.25) is 0 Å². The van der Waals surface area contributed by atoms with Crippen molar-refractivity contribution in [1.82, 2.24) is 24.5 Å². The second-order valence-electron chi connectivity index (χ2n) is 7.19. The number of aromatic nitrogens is 2. The number of aryl methyl sites for hydroxylation is 2. The molecule has 0 aliphatic carbocycles. The third kappa shape index (κ3) is 4.03. The van der Waals surface area contributed by atoms with E-state index in [1.54, 1.807) is 0 Å². The summed E-state index contributed by atoms with van der Waals surface area (Å²) in [6.45, 7) is 9.20. The molecular formula is C18H29N5O2. The third-order valence-corrected chi connectivity index (χ3v) is 5.53. The lowest BCUT2D eigenvalue weighted by molar-refractivity contribution is -0.134. The van der Waals surface area contributed by atoms with Crippen LogP contribution in [-0.2, 0) is 23.1 Å². The van der Waals surface area contributed by atoms with Crippen LogP contribution in [0.4, 0.5) is 0 Å². The number of likely N-dealkylation sites (tertiary alicyclic amines) is 1. The number of nitrogens with zero attached hydrogens (tertiary/aromatic N) is 5. The van der Waals surface area contributed by atoms with Gasteiger partial charge in [0.15, 0.2) is 0 Å².